The van der Waals surface area contributed by atoms with Gasteiger partial charge in [0.1, 0.15) is 11.9 Å². The van der Waals surface area contributed by atoms with Crippen LogP contribution in [-0.4, -0.2) is 37.4 Å². The molecule has 7 heteroatoms. The number of para-hydroxylation sites is 2. The molecule has 0 radical (unpaired) electrons. The minimum absolute atomic E-state index is 0.196. The van der Waals surface area contributed by atoms with Crippen molar-refractivity contribution in [3.8, 4) is 16.9 Å². The van der Waals surface area contributed by atoms with Crippen molar-refractivity contribution in [3.05, 3.63) is 72.9 Å². The number of aryl methyl sites for hydroxylation is 1. The number of nitrogens with zero attached hydrogens (tertiary/aromatic N) is 4. The molecule has 1 atom stereocenters. The van der Waals surface area contributed by atoms with Crippen LogP contribution in [0.2, 0.25) is 0 Å². The molecular weight excluding hydrogens is 376 g/mol. The molecule has 0 aliphatic carbocycles. The Kier molecular flexibility index (Phi) is 4.65. The first-order valence-corrected chi connectivity index (χ1v) is 9.88. The maximum absolute atomic E-state index is 6.19. The summed E-state index contributed by atoms with van der Waals surface area (Å²) < 4.78 is 8.26. The van der Waals surface area contributed by atoms with E-state index < -0.39 is 0 Å². The fourth-order valence-electron chi connectivity index (χ4n) is 3.69. The summed E-state index contributed by atoms with van der Waals surface area (Å²) in [5.74, 6) is 0.691. The zero-order chi connectivity index (χ0) is 20.5. The van der Waals surface area contributed by atoms with Crippen molar-refractivity contribution in [2.75, 3.05) is 6.54 Å². The van der Waals surface area contributed by atoms with Crippen molar-refractivity contribution in [2.45, 2.75) is 19.6 Å². The third-order valence-corrected chi connectivity index (χ3v) is 5.28. The molecule has 3 N–H and O–H groups in total. The van der Waals surface area contributed by atoms with Gasteiger partial charge in [-0.15, -0.1) is 0 Å². The number of nitrogens with one attached hydrogen (secondary N) is 1. The van der Waals surface area contributed by atoms with E-state index in [4.69, 9.17) is 10.5 Å². The number of pyridine rings is 1. The number of nitrogens with two attached hydrogens (primary N) is 1. The van der Waals surface area contributed by atoms with Crippen molar-refractivity contribution in [1.82, 2.24) is 24.7 Å². The molecule has 0 amide bonds. The SMILES string of the molecule is Cc1[nH]nc2ccc(-c3cncc(OC(CN)Cn4cnc5ccccc54)c3)cc12. The summed E-state index contributed by atoms with van der Waals surface area (Å²) >= 11 is 0. The highest BCUT2D eigenvalue weighted by molar-refractivity contribution is 5.86. The number of ether oxygens (including phenoxy) is 1. The lowest BCUT2D eigenvalue weighted by Crippen LogP contribution is -2.31. The summed E-state index contributed by atoms with van der Waals surface area (Å²) in [6.45, 7) is 3.01. The van der Waals surface area contributed by atoms with Gasteiger partial charge in [0.15, 0.2) is 0 Å². The van der Waals surface area contributed by atoms with E-state index in [1.54, 1.807) is 6.20 Å². The Balaban J connectivity index is 1.39. The molecule has 150 valence electrons. The van der Waals surface area contributed by atoms with Gasteiger partial charge in [0.25, 0.3) is 0 Å². The molecule has 7 nitrogen and oxygen atoms in total. The Labute approximate surface area is 173 Å². The van der Waals surface area contributed by atoms with Crippen LogP contribution in [0.1, 0.15) is 5.69 Å². The third-order valence-electron chi connectivity index (χ3n) is 5.28. The van der Waals surface area contributed by atoms with E-state index in [1.165, 1.54) is 0 Å². The number of hydrogen-bond donors (Lipinski definition) is 2. The molecular formula is C23H22N6O. The topological polar surface area (TPSA) is 94.6 Å². The van der Waals surface area contributed by atoms with Crippen molar-refractivity contribution in [3.63, 3.8) is 0 Å². The maximum atomic E-state index is 6.19. The quantitative estimate of drug-likeness (QED) is 0.455. The normalized spacial score (nSPS) is 12.5. The maximum Gasteiger partial charge on any atom is 0.138 e. The Morgan fingerprint density at radius 3 is 2.87 bits per heavy atom. The minimum Gasteiger partial charge on any atom is -0.486 e. The molecule has 2 aromatic carbocycles. The van der Waals surface area contributed by atoms with Crippen LogP contribution < -0.4 is 10.5 Å². The zero-order valence-electron chi connectivity index (χ0n) is 16.6. The number of imidazole rings is 1. The Bertz CT molecular complexity index is 1320. The number of aromatic nitrogens is 5. The molecule has 30 heavy (non-hydrogen) atoms. The molecule has 0 fully saturated rings. The number of aromatic amines is 1. The Hall–Kier alpha value is -3.71. The molecule has 0 aliphatic rings. The fraction of sp³-hybridized carbons (Fsp3) is 0.174. The lowest BCUT2D eigenvalue weighted by Gasteiger charge is -2.18. The third kappa shape index (κ3) is 3.40. The summed E-state index contributed by atoms with van der Waals surface area (Å²) in [6, 6.07) is 16.2. The highest BCUT2D eigenvalue weighted by Crippen LogP contribution is 2.27. The number of benzene rings is 2. The molecule has 0 saturated carbocycles. The van der Waals surface area contributed by atoms with E-state index in [1.807, 2.05) is 61.9 Å². The summed E-state index contributed by atoms with van der Waals surface area (Å²) in [5.41, 5.74) is 12.1. The summed E-state index contributed by atoms with van der Waals surface area (Å²) in [4.78, 5) is 8.82. The van der Waals surface area contributed by atoms with Crippen LogP contribution in [0.5, 0.6) is 5.75 Å². The van der Waals surface area contributed by atoms with Crippen LogP contribution >= 0.6 is 0 Å². The number of H-pyrrole nitrogens is 1. The molecule has 0 aliphatic heterocycles. The molecule has 5 rings (SSSR count). The van der Waals surface area contributed by atoms with Gasteiger partial charge < -0.3 is 15.0 Å². The predicted octanol–water partition coefficient (Wildman–Crippen LogP) is 3.69. The zero-order valence-corrected chi connectivity index (χ0v) is 16.6. The number of hydrogen-bond acceptors (Lipinski definition) is 5. The van der Waals surface area contributed by atoms with Crippen molar-refractivity contribution in [2.24, 2.45) is 5.73 Å². The van der Waals surface area contributed by atoms with Gasteiger partial charge in [-0.25, -0.2) is 4.98 Å². The van der Waals surface area contributed by atoms with Crippen LogP contribution in [0.4, 0.5) is 0 Å². The standard InChI is InChI=1S/C23H22N6O/c1-15-20-9-16(6-7-21(20)28-27-15)17-8-18(12-25-11-17)30-19(10-24)13-29-14-26-22-4-2-3-5-23(22)29/h2-9,11-12,14,19H,10,13,24H2,1H3,(H,27,28). The first-order chi connectivity index (χ1) is 14.7. The van der Waals surface area contributed by atoms with E-state index in [0.717, 1.165) is 38.8 Å². The van der Waals surface area contributed by atoms with Crippen molar-refractivity contribution in [1.29, 1.82) is 0 Å². The van der Waals surface area contributed by atoms with Crippen LogP contribution in [0.15, 0.2) is 67.3 Å². The van der Waals surface area contributed by atoms with Gasteiger partial charge in [-0.05, 0) is 42.8 Å². The second-order valence-corrected chi connectivity index (χ2v) is 7.35. The van der Waals surface area contributed by atoms with Gasteiger partial charge >= 0.3 is 0 Å². The number of rotatable bonds is 6. The molecule has 3 heterocycles. The van der Waals surface area contributed by atoms with Gasteiger partial charge in [-0.3, -0.25) is 10.1 Å². The van der Waals surface area contributed by atoms with E-state index >= 15 is 0 Å². The van der Waals surface area contributed by atoms with E-state index in [-0.39, 0.29) is 6.10 Å². The molecule has 0 bridgehead atoms. The Morgan fingerprint density at radius 1 is 1.07 bits per heavy atom. The monoisotopic (exact) mass is 398 g/mol. The van der Waals surface area contributed by atoms with Gasteiger partial charge in [-0.1, -0.05) is 18.2 Å². The van der Waals surface area contributed by atoms with Gasteiger partial charge in [-0.2, -0.15) is 5.10 Å². The second-order valence-electron chi connectivity index (χ2n) is 7.35. The first kappa shape index (κ1) is 18.3. The first-order valence-electron chi connectivity index (χ1n) is 9.88. The lowest BCUT2D eigenvalue weighted by molar-refractivity contribution is 0.189. The lowest BCUT2D eigenvalue weighted by atomic mass is 10.0. The second kappa shape index (κ2) is 7.61. The molecule has 1 unspecified atom stereocenters. The summed E-state index contributed by atoms with van der Waals surface area (Å²) in [5, 5.41) is 8.42. The predicted molar refractivity (Wildman–Crippen MR) is 117 cm³/mol. The molecule has 3 aromatic heterocycles. The minimum atomic E-state index is -0.196. The highest BCUT2D eigenvalue weighted by Gasteiger charge is 2.13. The largest absolute Gasteiger partial charge is 0.486 e. The van der Waals surface area contributed by atoms with E-state index in [0.29, 0.717) is 18.8 Å². The fourth-order valence-corrected chi connectivity index (χ4v) is 3.69. The van der Waals surface area contributed by atoms with Crippen LogP contribution in [-0.2, 0) is 6.54 Å². The molecule has 5 aromatic rings. The highest BCUT2D eigenvalue weighted by atomic mass is 16.5. The van der Waals surface area contributed by atoms with Crippen LogP contribution in [0.3, 0.4) is 0 Å². The van der Waals surface area contributed by atoms with E-state index in [9.17, 15) is 0 Å². The van der Waals surface area contributed by atoms with Crippen LogP contribution in [0.25, 0.3) is 33.1 Å². The van der Waals surface area contributed by atoms with E-state index in [2.05, 4.69) is 30.8 Å². The molecule has 0 saturated heterocycles. The van der Waals surface area contributed by atoms with Gasteiger partial charge in [0.2, 0.25) is 0 Å². The Morgan fingerprint density at radius 2 is 1.97 bits per heavy atom. The van der Waals surface area contributed by atoms with Crippen LogP contribution in [0, 0.1) is 6.92 Å². The average Bonchev–Trinajstić information content (AvgIpc) is 3.37. The smallest absolute Gasteiger partial charge is 0.138 e. The van der Waals surface area contributed by atoms with Gasteiger partial charge in [0.05, 0.1) is 35.6 Å². The number of fused-ring (bicyclic) bond motifs is 2. The molecule has 0 spiro atoms. The van der Waals surface area contributed by atoms with Crippen molar-refractivity contribution < 1.29 is 4.74 Å². The van der Waals surface area contributed by atoms with Crippen molar-refractivity contribution >= 4 is 21.9 Å². The summed E-state index contributed by atoms with van der Waals surface area (Å²) in [7, 11) is 0. The van der Waals surface area contributed by atoms with Gasteiger partial charge in [0, 0.05) is 29.4 Å². The average molecular weight is 398 g/mol. The summed E-state index contributed by atoms with van der Waals surface area (Å²) in [6.07, 6.45) is 5.19.